The number of carbonyl (C=O) groups excluding carboxylic acids is 2. The highest BCUT2D eigenvalue weighted by Gasteiger charge is 2.12. The fraction of sp³-hybridized carbons (Fsp3) is 0.158. The Labute approximate surface area is 155 Å². The molecule has 0 fully saturated rings. The second kappa shape index (κ2) is 9.14. The van der Waals surface area contributed by atoms with Crippen molar-refractivity contribution in [3.8, 4) is 11.5 Å². The number of aromatic nitrogens is 2. The van der Waals surface area contributed by atoms with Crippen LogP contribution in [0.2, 0.25) is 0 Å². The first-order chi connectivity index (χ1) is 13.2. The minimum atomic E-state index is -0.662. The number of rotatable bonds is 7. The lowest BCUT2D eigenvalue weighted by molar-refractivity contribution is -0.120. The topological polar surface area (TPSA) is 106 Å². The van der Waals surface area contributed by atoms with Crippen LogP contribution in [0.4, 0.5) is 4.79 Å². The molecule has 2 amide bonds. The summed E-state index contributed by atoms with van der Waals surface area (Å²) in [5.74, 6) is 0.192. The van der Waals surface area contributed by atoms with E-state index in [9.17, 15) is 9.59 Å². The number of amides is 2. The number of nitrogens with one attached hydrogen (secondary N) is 2. The van der Waals surface area contributed by atoms with Crippen LogP contribution in [0.1, 0.15) is 11.3 Å². The number of ether oxygens (including phenoxy) is 1. The average Bonchev–Trinajstić information content (AvgIpc) is 3.25. The molecule has 1 aromatic carbocycles. The number of carbonyl (C=O) groups is 2. The molecule has 0 aliphatic carbocycles. The number of benzene rings is 1. The van der Waals surface area contributed by atoms with Crippen LogP contribution in [-0.4, -0.2) is 28.5 Å². The third-order valence-corrected chi connectivity index (χ3v) is 3.59. The third-order valence-electron chi connectivity index (χ3n) is 3.59. The summed E-state index contributed by atoms with van der Waals surface area (Å²) in [5, 5.41) is 5.08. The fourth-order valence-electron chi connectivity index (χ4n) is 2.29. The van der Waals surface area contributed by atoms with Gasteiger partial charge >= 0.3 is 6.09 Å². The molecule has 0 bridgehead atoms. The zero-order chi connectivity index (χ0) is 18.9. The van der Waals surface area contributed by atoms with Crippen LogP contribution in [0.3, 0.4) is 0 Å². The van der Waals surface area contributed by atoms with Crippen molar-refractivity contribution >= 4 is 12.0 Å². The van der Waals surface area contributed by atoms with E-state index in [-0.39, 0.29) is 25.6 Å². The van der Waals surface area contributed by atoms with Gasteiger partial charge in [0.25, 0.3) is 0 Å². The molecule has 0 unspecified atom stereocenters. The van der Waals surface area contributed by atoms with Gasteiger partial charge in [0.2, 0.25) is 5.91 Å². The Morgan fingerprint density at radius 3 is 2.59 bits per heavy atom. The molecule has 8 nitrogen and oxygen atoms in total. The van der Waals surface area contributed by atoms with E-state index in [1.54, 1.807) is 18.3 Å². The summed E-state index contributed by atoms with van der Waals surface area (Å²) >= 11 is 0. The van der Waals surface area contributed by atoms with E-state index in [0.29, 0.717) is 17.1 Å². The summed E-state index contributed by atoms with van der Waals surface area (Å²) in [7, 11) is 0. The summed E-state index contributed by atoms with van der Waals surface area (Å²) in [5.41, 5.74) is 1.98. The smallest absolute Gasteiger partial charge is 0.407 e. The van der Waals surface area contributed by atoms with Crippen LogP contribution in [0.25, 0.3) is 11.5 Å². The van der Waals surface area contributed by atoms with E-state index in [0.717, 1.165) is 5.56 Å². The number of nitrogens with zero attached hydrogens (tertiary/aromatic N) is 2. The first-order valence-electron chi connectivity index (χ1n) is 8.27. The molecule has 0 atom stereocenters. The van der Waals surface area contributed by atoms with Crippen LogP contribution in [0.15, 0.2) is 65.5 Å². The lowest BCUT2D eigenvalue weighted by Crippen LogP contribution is -2.37. The molecule has 0 saturated carbocycles. The molecule has 0 aliphatic heterocycles. The second-order valence-corrected chi connectivity index (χ2v) is 5.52. The van der Waals surface area contributed by atoms with E-state index in [2.05, 4.69) is 20.6 Å². The van der Waals surface area contributed by atoms with Gasteiger partial charge in [-0.05, 0) is 17.7 Å². The van der Waals surface area contributed by atoms with Crippen molar-refractivity contribution in [1.82, 2.24) is 20.6 Å². The quantitative estimate of drug-likeness (QED) is 0.664. The summed E-state index contributed by atoms with van der Waals surface area (Å²) < 4.78 is 10.4. The van der Waals surface area contributed by atoms with E-state index in [1.165, 1.54) is 12.5 Å². The molecule has 27 heavy (non-hydrogen) atoms. The molecule has 2 aromatic heterocycles. The van der Waals surface area contributed by atoms with Crippen molar-refractivity contribution in [1.29, 1.82) is 0 Å². The standard InChI is InChI=1S/C19H18N4O4/c24-17(12-23-19(25)27-13-14-5-2-1-3-6-14)22-11-15-18(21-9-8-20-15)16-7-4-10-26-16/h1-10H,11-13H2,(H,22,24)(H,23,25). The van der Waals surface area contributed by atoms with Crippen LogP contribution >= 0.6 is 0 Å². The molecule has 0 aliphatic rings. The van der Waals surface area contributed by atoms with Gasteiger partial charge < -0.3 is 19.8 Å². The Bertz CT molecular complexity index is 882. The van der Waals surface area contributed by atoms with Gasteiger partial charge in [0.15, 0.2) is 5.76 Å². The predicted octanol–water partition coefficient (Wildman–Crippen LogP) is 2.28. The SMILES string of the molecule is O=C(CNC(=O)OCc1ccccc1)NCc1nccnc1-c1ccco1. The van der Waals surface area contributed by atoms with E-state index in [1.807, 2.05) is 30.3 Å². The molecule has 0 spiro atoms. The molecule has 0 saturated heterocycles. The van der Waals surface area contributed by atoms with Crippen molar-refractivity contribution in [2.45, 2.75) is 13.2 Å². The van der Waals surface area contributed by atoms with Crippen molar-refractivity contribution < 1.29 is 18.7 Å². The van der Waals surface area contributed by atoms with Gasteiger partial charge in [-0.2, -0.15) is 0 Å². The Hall–Kier alpha value is -3.68. The Balaban J connectivity index is 1.43. The van der Waals surface area contributed by atoms with Crippen LogP contribution < -0.4 is 10.6 Å². The van der Waals surface area contributed by atoms with Gasteiger partial charge in [0.05, 0.1) is 18.5 Å². The van der Waals surface area contributed by atoms with Crippen molar-refractivity contribution in [2.75, 3.05) is 6.54 Å². The van der Waals surface area contributed by atoms with Crippen molar-refractivity contribution in [3.05, 3.63) is 72.4 Å². The Morgan fingerprint density at radius 2 is 1.81 bits per heavy atom. The number of furan rings is 1. The zero-order valence-electron chi connectivity index (χ0n) is 14.4. The molecule has 3 rings (SSSR count). The van der Waals surface area contributed by atoms with Gasteiger partial charge in [-0.1, -0.05) is 30.3 Å². The van der Waals surface area contributed by atoms with Gasteiger partial charge in [0.1, 0.15) is 18.8 Å². The minimum Gasteiger partial charge on any atom is -0.463 e. The molecule has 2 N–H and O–H groups in total. The van der Waals surface area contributed by atoms with Crippen molar-refractivity contribution in [3.63, 3.8) is 0 Å². The Kier molecular flexibility index (Phi) is 6.13. The maximum atomic E-state index is 11.9. The summed E-state index contributed by atoms with van der Waals surface area (Å²) in [6.07, 6.45) is 3.96. The van der Waals surface area contributed by atoms with Gasteiger partial charge in [-0.25, -0.2) is 9.78 Å². The number of alkyl carbamates (subject to hydrolysis) is 1. The van der Waals surface area contributed by atoms with Crippen LogP contribution in [0, 0.1) is 0 Å². The lowest BCUT2D eigenvalue weighted by Gasteiger charge is -2.09. The summed E-state index contributed by atoms with van der Waals surface area (Å²) in [6.45, 7) is 0.0911. The first-order valence-corrected chi connectivity index (χ1v) is 8.27. The van der Waals surface area contributed by atoms with Crippen molar-refractivity contribution in [2.24, 2.45) is 0 Å². The third kappa shape index (κ3) is 5.40. The van der Waals surface area contributed by atoms with E-state index < -0.39 is 6.09 Å². The first kappa shape index (κ1) is 18.1. The van der Waals surface area contributed by atoms with Gasteiger partial charge in [-0.15, -0.1) is 0 Å². The highest BCUT2D eigenvalue weighted by Crippen LogP contribution is 2.19. The van der Waals surface area contributed by atoms with Gasteiger partial charge in [0, 0.05) is 12.4 Å². The molecule has 138 valence electrons. The largest absolute Gasteiger partial charge is 0.463 e. The molecular formula is C19H18N4O4. The Morgan fingerprint density at radius 1 is 1.00 bits per heavy atom. The molecule has 0 radical (unpaired) electrons. The molecular weight excluding hydrogens is 348 g/mol. The van der Waals surface area contributed by atoms with Crippen LogP contribution in [0.5, 0.6) is 0 Å². The fourth-order valence-corrected chi connectivity index (χ4v) is 2.29. The zero-order valence-corrected chi connectivity index (χ0v) is 14.4. The lowest BCUT2D eigenvalue weighted by atomic mass is 10.2. The molecule has 2 heterocycles. The highest BCUT2D eigenvalue weighted by atomic mass is 16.5. The maximum absolute atomic E-state index is 11.9. The van der Waals surface area contributed by atoms with Gasteiger partial charge in [-0.3, -0.25) is 9.78 Å². The highest BCUT2D eigenvalue weighted by molar-refractivity contribution is 5.82. The molecule has 3 aromatic rings. The number of hydrogen-bond acceptors (Lipinski definition) is 6. The monoisotopic (exact) mass is 366 g/mol. The summed E-state index contributed by atoms with van der Waals surface area (Å²) in [4.78, 5) is 32.0. The summed E-state index contributed by atoms with van der Waals surface area (Å²) in [6, 6.07) is 12.8. The molecule has 8 heteroatoms. The maximum Gasteiger partial charge on any atom is 0.407 e. The van der Waals surface area contributed by atoms with Crippen LogP contribution in [-0.2, 0) is 22.7 Å². The number of hydrogen-bond donors (Lipinski definition) is 2. The normalized spacial score (nSPS) is 10.2. The second-order valence-electron chi connectivity index (χ2n) is 5.52. The van der Waals surface area contributed by atoms with E-state index >= 15 is 0 Å². The average molecular weight is 366 g/mol. The van der Waals surface area contributed by atoms with E-state index in [4.69, 9.17) is 9.15 Å². The predicted molar refractivity (Wildman–Crippen MR) is 96.2 cm³/mol. The minimum absolute atomic E-state index is 0.139.